The van der Waals surface area contributed by atoms with Gasteiger partial charge in [0, 0.05) is 19.7 Å². The normalized spacial score (nSPS) is 13.0. The van der Waals surface area contributed by atoms with Crippen molar-refractivity contribution in [2.24, 2.45) is 5.92 Å². The molecule has 0 aliphatic rings. The van der Waals surface area contributed by atoms with Gasteiger partial charge in [-0.2, -0.15) is 0 Å². The summed E-state index contributed by atoms with van der Waals surface area (Å²) in [5.74, 6) is 0.357. The highest BCUT2D eigenvalue weighted by atomic mass is 16.3. The van der Waals surface area contributed by atoms with Gasteiger partial charge in [0.2, 0.25) is 0 Å². The SMILES string of the molecule is CCCN(Cc1ccccc1)CC(C)CO. The minimum absolute atomic E-state index is 0.273. The Balaban J connectivity index is 2.50. The fraction of sp³-hybridized carbons (Fsp3) is 0.571. The zero-order valence-corrected chi connectivity index (χ0v) is 10.4. The van der Waals surface area contributed by atoms with Crippen molar-refractivity contribution in [2.75, 3.05) is 19.7 Å². The quantitative estimate of drug-likeness (QED) is 0.765. The topological polar surface area (TPSA) is 23.5 Å². The molecule has 1 atom stereocenters. The van der Waals surface area contributed by atoms with Crippen molar-refractivity contribution >= 4 is 0 Å². The molecule has 0 aromatic heterocycles. The largest absolute Gasteiger partial charge is 0.396 e. The first-order valence-corrected chi connectivity index (χ1v) is 6.13. The number of aliphatic hydroxyl groups is 1. The summed E-state index contributed by atoms with van der Waals surface area (Å²) >= 11 is 0. The van der Waals surface area contributed by atoms with Gasteiger partial charge in [0.25, 0.3) is 0 Å². The van der Waals surface area contributed by atoms with Gasteiger partial charge in [-0.05, 0) is 24.4 Å². The van der Waals surface area contributed by atoms with E-state index < -0.39 is 0 Å². The van der Waals surface area contributed by atoms with Crippen LogP contribution in [0.15, 0.2) is 30.3 Å². The first-order chi connectivity index (χ1) is 7.76. The van der Waals surface area contributed by atoms with Gasteiger partial charge in [0.05, 0.1) is 0 Å². The molecule has 1 aromatic rings. The summed E-state index contributed by atoms with van der Waals surface area (Å²) in [5, 5.41) is 9.09. The Morgan fingerprint density at radius 3 is 2.50 bits per heavy atom. The summed E-state index contributed by atoms with van der Waals surface area (Å²) < 4.78 is 0. The lowest BCUT2D eigenvalue weighted by atomic mass is 10.1. The fourth-order valence-electron chi connectivity index (χ4n) is 1.89. The van der Waals surface area contributed by atoms with Crippen molar-refractivity contribution in [1.82, 2.24) is 4.90 Å². The van der Waals surface area contributed by atoms with Crippen LogP contribution in [0, 0.1) is 5.92 Å². The van der Waals surface area contributed by atoms with Crippen molar-refractivity contribution in [3.05, 3.63) is 35.9 Å². The first-order valence-electron chi connectivity index (χ1n) is 6.13. The van der Waals surface area contributed by atoms with E-state index >= 15 is 0 Å². The third-order valence-corrected chi connectivity index (χ3v) is 2.67. The smallest absolute Gasteiger partial charge is 0.0468 e. The van der Waals surface area contributed by atoms with Crippen LogP contribution in [0.1, 0.15) is 25.8 Å². The Morgan fingerprint density at radius 2 is 1.94 bits per heavy atom. The Kier molecular flexibility index (Phi) is 6.12. The molecule has 2 nitrogen and oxygen atoms in total. The third-order valence-electron chi connectivity index (χ3n) is 2.67. The van der Waals surface area contributed by atoms with Crippen molar-refractivity contribution in [2.45, 2.75) is 26.8 Å². The second kappa shape index (κ2) is 7.42. The lowest BCUT2D eigenvalue weighted by Crippen LogP contribution is -2.30. The molecule has 0 aliphatic carbocycles. The summed E-state index contributed by atoms with van der Waals surface area (Å²) in [6, 6.07) is 10.5. The van der Waals surface area contributed by atoms with E-state index in [9.17, 15) is 0 Å². The molecule has 16 heavy (non-hydrogen) atoms. The zero-order valence-electron chi connectivity index (χ0n) is 10.4. The predicted octanol–water partition coefficient (Wildman–Crippen LogP) is 2.53. The Morgan fingerprint density at radius 1 is 1.25 bits per heavy atom. The van der Waals surface area contributed by atoms with Gasteiger partial charge in [-0.1, -0.05) is 44.2 Å². The second-order valence-corrected chi connectivity index (χ2v) is 4.51. The van der Waals surface area contributed by atoms with Crippen LogP contribution in [0.3, 0.4) is 0 Å². The maximum atomic E-state index is 9.09. The summed E-state index contributed by atoms with van der Waals surface area (Å²) in [6.45, 7) is 7.61. The average Bonchev–Trinajstić information content (AvgIpc) is 2.30. The van der Waals surface area contributed by atoms with E-state index in [4.69, 9.17) is 5.11 Å². The van der Waals surface area contributed by atoms with Crippen molar-refractivity contribution in [3.8, 4) is 0 Å². The molecule has 0 fully saturated rings. The van der Waals surface area contributed by atoms with Gasteiger partial charge in [-0.3, -0.25) is 4.90 Å². The number of hydrogen-bond acceptors (Lipinski definition) is 2. The van der Waals surface area contributed by atoms with E-state index in [2.05, 4.69) is 43.0 Å². The van der Waals surface area contributed by atoms with Crippen LogP contribution in [0.2, 0.25) is 0 Å². The van der Waals surface area contributed by atoms with Crippen LogP contribution in [-0.2, 0) is 6.54 Å². The number of rotatable bonds is 7. The monoisotopic (exact) mass is 221 g/mol. The maximum Gasteiger partial charge on any atom is 0.0468 e. The molecule has 0 radical (unpaired) electrons. The molecule has 0 heterocycles. The highest BCUT2D eigenvalue weighted by Gasteiger charge is 2.09. The Bertz CT molecular complexity index is 273. The molecule has 90 valence electrons. The van der Waals surface area contributed by atoms with Crippen LogP contribution in [0.5, 0.6) is 0 Å². The molecule has 2 heteroatoms. The number of aliphatic hydroxyl groups excluding tert-OH is 1. The molecule has 1 rings (SSSR count). The zero-order chi connectivity index (χ0) is 11.8. The van der Waals surface area contributed by atoms with E-state index in [1.807, 2.05) is 6.07 Å². The Hall–Kier alpha value is -0.860. The molecular formula is C14H23NO. The number of benzene rings is 1. The van der Waals surface area contributed by atoms with Crippen molar-refractivity contribution in [3.63, 3.8) is 0 Å². The lowest BCUT2D eigenvalue weighted by Gasteiger charge is -2.24. The average molecular weight is 221 g/mol. The van der Waals surface area contributed by atoms with Crippen molar-refractivity contribution < 1.29 is 5.11 Å². The summed E-state index contributed by atoms with van der Waals surface area (Å²) in [4.78, 5) is 2.41. The number of hydrogen-bond donors (Lipinski definition) is 1. The van der Waals surface area contributed by atoms with E-state index in [0.29, 0.717) is 5.92 Å². The van der Waals surface area contributed by atoms with Crippen LogP contribution >= 0.6 is 0 Å². The minimum Gasteiger partial charge on any atom is -0.396 e. The second-order valence-electron chi connectivity index (χ2n) is 4.51. The third kappa shape index (κ3) is 4.77. The molecule has 1 unspecified atom stereocenters. The van der Waals surface area contributed by atoms with Crippen LogP contribution in [0.25, 0.3) is 0 Å². The van der Waals surface area contributed by atoms with Gasteiger partial charge in [-0.25, -0.2) is 0 Å². The van der Waals surface area contributed by atoms with Gasteiger partial charge in [-0.15, -0.1) is 0 Å². The molecule has 0 amide bonds. The van der Waals surface area contributed by atoms with Crippen LogP contribution in [0.4, 0.5) is 0 Å². The predicted molar refractivity (Wildman–Crippen MR) is 68.3 cm³/mol. The molecular weight excluding hydrogens is 198 g/mol. The number of nitrogens with zero attached hydrogens (tertiary/aromatic N) is 1. The molecule has 0 saturated heterocycles. The minimum atomic E-state index is 0.273. The fourth-order valence-corrected chi connectivity index (χ4v) is 1.89. The van der Waals surface area contributed by atoms with E-state index in [1.54, 1.807) is 0 Å². The highest BCUT2D eigenvalue weighted by molar-refractivity contribution is 5.14. The molecule has 1 aromatic carbocycles. The van der Waals surface area contributed by atoms with Crippen LogP contribution < -0.4 is 0 Å². The van der Waals surface area contributed by atoms with Gasteiger partial charge in [0.15, 0.2) is 0 Å². The van der Waals surface area contributed by atoms with Gasteiger partial charge < -0.3 is 5.11 Å². The molecule has 1 N–H and O–H groups in total. The standard InChI is InChI=1S/C14H23NO/c1-3-9-15(10-13(2)12-16)11-14-7-5-4-6-8-14/h4-8,13,16H,3,9-12H2,1-2H3. The lowest BCUT2D eigenvalue weighted by molar-refractivity contribution is 0.168. The summed E-state index contributed by atoms with van der Waals surface area (Å²) in [6.07, 6.45) is 1.16. The Labute approximate surface area is 98.9 Å². The first kappa shape index (κ1) is 13.2. The van der Waals surface area contributed by atoms with E-state index in [1.165, 1.54) is 5.56 Å². The van der Waals surface area contributed by atoms with E-state index in [-0.39, 0.29) is 6.61 Å². The molecule has 0 bridgehead atoms. The molecule has 0 saturated carbocycles. The summed E-state index contributed by atoms with van der Waals surface area (Å²) in [7, 11) is 0. The van der Waals surface area contributed by atoms with Crippen LogP contribution in [-0.4, -0.2) is 29.7 Å². The molecule has 0 spiro atoms. The van der Waals surface area contributed by atoms with E-state index in [0.717, 1.165) is 26.1 Å². The van der Waals surface area contributed by atoms with Gasteiger partial charge in [0.1, 0.15) is 0 Å². The molecule has 0 aliphatic heterocycles. The van der Waals surface area contributed by atoms with Crippen molar-refractivity contribution in [1.29, 1.82) is 0 Å². The highest BCUT2D eigenvalue weighted by Crippen LogP contribution is 2.07. The van der Waals surface area contributed by atoms with Gasteiger partial charge >= 0.3 is 0 Å². The summed E-state index contributed by atoms with van der Waals surface area (Å²) in [5.41, 5.74) is 1.35. The maximum absolute atomic E-state index is 9.09.